The fourth-order valence-corrected chi connectivity index (χ4v) is 1.82. The lowest BCUT2D eigenvalue weighted by Crippen LogP contribution is -2.15. The summed E-state index contributed by atoms with van der Waals surface area (Å²) in [5.41, 5.74) is -0.924. The summed E-state index contributed by atoms with van der Waals surface area (Å²) in [6.45, 7) is 1.59. The largest absolute Gasteiger partial charge is 0.381 e. The molecule has 0 aromatic heterocycles. The van der Waals surface area contributed by atoms with Gasteiger partial charge < -0.3 is 10.1 Å². The quantitative estimate of drug-likeness (QED) is 0.665. The van der Waals surface area contributed by atoms with Crippen molar-refractivity contribution in [3.05, 3.63) is 33.9 Å². The molecule has 1 saturated heterocycles. The zero-order valence-corrected chi connectivity index (χ0v) is 9.49. The van der Waals surface area contributed by atoms with Crippen LogP contribution in [0.4, 0.5) is 20.2 Å². The predicted octanol–water partition coefficient (Wildman–Crippen LogP) is 2.32. The highest BCUT2D eigenvalue weighted by molar-refractivity contribution is 5.51. The number of nitrogens with one attached hydrogen (secondary N) is 1. The monoisotopic (exact) mass is 258 g/mol. The SMILES string of the molecule is O=[N+]([O-])c1cc(F)c(NCC2CCOC2)c(F)c1. The molecule has 0 bridgehead atoms. The molecule has 0 aliphatic carbocycles. The number of hydrogen-bond acceptors (Lipinski definition) is 4. The highest BCUT2D eigenvalue weighted by Crippen LogP contribution is 2.25. The summed E-state index contributed by atoms with van der Waals surface area (Å²) in [7, 11) is 0. The highest BCUT2D eigenvalue weighted by atomic mass is 19.1. The second-order valence-electron chi connectivity index (χ2n) is 4.15. The Labute approximate surface area is 102 Å². The van der Waals surface area contributed by atoms with Crippen LogP contribution in [0.15, 0.2) is 12.1 Å². The molecule has 0 radical (unpaired) electrons. The van der Waals surface area contributed by atoms with E-state index in [0.717, 1.165) is 6.42 Å². The molecule has 7 heteroatoms. The summed E-state index contributed by atoms with van der Waals surface area (Å²) in [6.07, 6.45) is 0.837. The van der Waals surface area contributed by atoms with Crippen molar-refractivity contribution in [3.8, 4) is 0 Å². The van der Waals surface area contributed by atoms with E-state index in [1.165, 1.54) is 0 Å². The minimum Gasteiger partial charge on any atom is -0.381 e. The summed E-state index contributed by atoms with van der Waals surface area (Å²) in [4.78, 5) is 9.59. The molecular weight excluding hydrogens is 246 g/mol. The molecule has 1 aliphatic heterocycles. The topological polar surface area (TPSA) is 64.4 Å². The molecule has 1 N–H and O–H groups in total. The smallest absolute Gasteiger partial charge is 0.275 e. The average molecular weight is 258 g/mol. The van der Waals surface area contributed by atoms with Crippen molar-refractivity contribution in [1.29, 1.82) is 0 Å². The summed E-state index contributed by atoms with van der Waals surface area (Å²) in [6, 6.07) is 1.41. The third kappa shape index (κ3) is 2.73. The van der Waals surface area contributed by atoms with Gasteiger partial charge in [-0.15, -0.1) is 0 Å². The number of halogens is 2. The Morgan fingerprint density at radius 3 is 2.61 bits per heavy atom. The second kappa shape index (κ2) is 5.26. The van der Waals surface area contributed by atoms with Crippen LogP contribution in [0.3, 0.4) is 0 Å². The van der Waals surface area contributed by atoms with E-state index in [1.54, 1.807) is 0 Å². The first kappa shape index (κ1) is 12.7. The molecule has 2 rings (SSSR count). The molecule has 1 aromatic rings. The number of hydrogen-bond donors (Lipinski definition) is 1. The Bertz CT molecular complexity index is 439. The lowest BCUT2D eigenvalue weighted by atomic mass is 10.1. The van der Waals surface area contributed by atoms with Crippen LogP contribution in [0.5, 0.6) is 0 Å². The maximum Gasteiger partial charge on any atom is 0.275 e. The van der Waals surface area contributed by atoms with Crippen LogP contribution in [-0.4, -0.2) is 24.7 Å². The molecule has 18 heavy (non-hydrogen) atoms. The fraction of sp³-hybridized carbons (Fsp3) is 0.455. The van der Waals surface area contributed by atoms with E-state index >= 15 is 0 Å². The van der Waals surface area contributed by atoms with Gasteiger partial charge in [0.05, 0.1) is 23.7 Å². The van der Waals surface area contributed by atoms with Gasteiger partial charge in [-0.2, -0.15) is 0 Å². The average Bonchev–Trinajstić information content (AvgIpc) is 2.80. The Hall–Kier alpha value is -1.76. The number of benzene rings is 1. The summed E-state index contributed by atoms with van der Waals surface area (Å²) in [5.74, 6) is -1.71. The fourth-order valence-electron chi connectivity index (χ4n) is 1.82. The van der Waals surface area contributed by atoms with Gasteiger partial charge in [-0.1, -0.05) is 0 Å². The Kier molecular flexibility index (Phi) is 3.71. The van der Waals surface area contributed by atoms with Gasteiger partial charge in [0.2, 0.25) is 0 Å². The molecule has 1 heterocycles. The lowest BCUT2D eigenvalue weighted by molar-refractivity contribution is -0.385. The van der Waals surface area contributed by atoms with Crippen molar-refractivity contribution < 1.29 is 18.4 Å². The zero-order chi connectivity index (χ0) is 13.1. The van der Waals surface area contributed by atoms with Gasteiger partial charge in [0.1, 0.15) is 5.69 Å². The van der Waals surface area contributed by atoms with E-state index < -0.39 is 22.2 Å². The number of nitro groups is 1. The lowest BCUT2D eigenvalue weighted by Gasteiger charge is -2.12. The molecule has 1 aromatic carbocycles. The van der Waals surface area contributed by atoms with Gasteiger partial charge in [-0.05, 0) is 6.42 Å². The normalized spacial score (nSPS) is 18.9. The molecule has 1 unspecified atom stereocenters. The van der Waals surface area contributed by atoms with E-state index in [4.69, 9.17) is 4.74 Å². The molecule has 5 nitrogen and oxygen atoms in total. The Morgan fingerprint density at radius 1 is 1.44 bits per heavy atom. The molecule has 1 aliphatic rings. The molecule has 1 fully saturated rings. The molecule has 0 spiro atoms. The van der Waals surface area contributed by atoms with Crippen LogP contribution in [0.25, 0.3) is 0 Å². The van der Waals surface area contributed by atoms with Crippen LogP contribution in [-0.2, 0) is 4.74 Å². The maximum atomic E-state index is 13.5. The van der Waals surface area contributed by atoms with Crippen molar-refractivity contribution >= 4 is 11.4 Å². The van der Waals surface area contributed by atoms with Crippen LogP contribution in [0.2, 0.25) is 0 Å². The maximum absolute atomic E-state index is 13.5. The molecule has 1 atom stereocenters. The standard InChI is InChI=1S/C11H12F2N2O3/c12-9-3-8(15(16)17)4-10(13)11(9)14-5-7-1-2-18-6-7/h3-4,7,14H,1-2,5-6H2. The van der Waals surface area contributed by atoms with Crippen LogP contribution in [0, 0.1) is 27.7 Å². The summed E-state index contributed by atoms with van der Waals surface area (Å²) < 4.78 is 32.2. The van der Waals surface area contributed by atoms with Crippen molar-refractivity contribution in [2.24, 2.45) is 5.92 Å². The zero-order valence-electron chi connectivity index (χ0n) is 9.49. The number of non-ortho nitro benzene ring substituents is 1. The molecular formula is C11H12F2N2O3. The van der Waals surface area contributed by atoms with Gasteiger partial charge in [0.15, 0.2) is 11.6 Å². The predicted molar refractivity (Wildman–Crippen MR) is 60.4 cm³/mol. The van der Waals surface area contributed by atoms with Crippen molar-refractivity contribution in [2.45, 2.75) is 6.42 Å². The van der Waals surface area contributed by atoms with Gasteiger partial charge in [0.25, 0.3) is 5.69 Å². The van der Waals surface area contributed by atoms with Gasteiger partial charge >= 0.3 is 0 Å². The molecule has 0 saturated carbocycles. The van der Waals surface area contributed by atoms with Crippen LogP contribution < -0.4 is 5.32 Å². The molecule has 98 valence electrons. The number of nitro benzene ring substituents is 1. The Balaban J connectivity index is 2.10. The van der Waals surface area contributed by atoms with Gasteiger partial charge in [-0.25, -0.2) is 8.78 Å². The first-order valence-electron chi connectivity index (χ1n) is 5.53. The minimum atomic E-state index is -0.958. The summed E-state index contributed by atoms with van der Waals surface area (Å²) in [5, 5.41) is 13.1. The van der Waals surface area contributed by atoms with E-state index in [9.17, 15) is 18.9 Å². The van der Waals surface area contributed by atoms with E-state index in [1.807, 2.05) is 0 Å². The van der Waals surface area contributed by atoms with Crippen LogP contribution >= 0.6 is 0 Å². The van der Waals surface area contributed by atoms with Crippen molar-refractivity contribution in [1.82, 2.24) is 0 Å². The third-order valence-electron chi connectivity index (χ3n) is 2.83. The van der Waals surface area contributed by atoms with Crippen LogP contribution in [0.1, 0.15) is 6.42 Å². The molecule has 0 amide bonds. The summed E-state index contributed by atoms with van der Waals surface area (Å²) >= 11 is 0. The minimum absolute atomic E-state index is 0.207. The highest BCUT2D eigenvalue weighted by Gasteiger charge is 2.19. The number of ether oxygens (including phenoxy) is 1. The van der Waals surface area contributed by atoms with E-state index in [0.29, 0.717) is 31.9 Å². The number of anilines is 1. The third-order valence-corrected chi connectivity index (χ3v) is 2.83. The first-order valence-corrected chi connectivity index (χ1v) is 5.53. The number of nitrogens with zero attached hydrogens (tertiary/aromatic N) is 1. The van der Waals surface area contributed by atoms with E-state index in [2.05, 4.69) is 5.32 Å². The Morgan fingerprint density at radius 2 is 2.11 bits per heavy atom. The van der Waals surface area contributed by atoms with Crippen molar-refractivity contribution in [2.75, 3.05) is 25.1 Å². The van der Waals surface area contributed by atoms with Gasteiger partial charge in [-0.3, -0.25) is 10.1 Å². The van der Waals surface area contributed by atoms with Gasteiger partial charge in [0, 0.05) is 19.1 Å². The number of rotatable bonds is 4. The second-order valence-corrected chi connectivity index (χ2v) is 4.15. The first-order chi connectivity index (χ1) is 8.58. The van der Waals surface area contributed by atoms with E-state index in [-0.39, 0.29) is 11.6 Å². The van der Waals surface area contributed by atoms with Crippen molar-refractivity contribution in [3.63, 3.8) is 0 Å².